The lowest BCUT2D eigenvalue weighted by molar-refractivity contribution is 0.402. The maximum absolute atomic E-state index is 5.80. The molecule has 1 aromatic carbocycles. The van der Waals surface area contributed by atoms with Gasteiger partial charge >= 0.3 is 0 Å². The molecule has 19 heavy (non-hydrogen) atoms. The van der Waals surface area contributed by atoms with E-state index >= 15 is 0 Å². The second-order valence-electron chi connectivity index (χ2n) is 5.07. The van der Waals surface area contributed by atoms with Gasteiger partial charge in [-0.2, -0.15) is 0 Å². The number of ether oxygens (including phenoxy) is 1. The van der Waals surface area contributed by atoms with Gasteiger partial charge in [-0.25, -0.2) is 5.43 Å². The third-order valence-electron chi connectivity index (χ3n) is 3.81. The molecule has 3 nitrogen and oxygen atoms in total. The fraction of sp³-hybridized carbons (Fsp3) is 0.500. The van der Waals surface area contributed by atoms with E-state index in [1.54, 1.807) is 7.11 Å². The number of hydrazine groups is 1. The molecule has 0 aromatic heterocycles. The van der Waals surface area contributed by atoms with Gasteiger partial charge in [-0.1, -0.05) is 42.7 Å². The van der Waals surface area contributed by atoms with Gasteiger partial charge in [0.15, 0.2) is 0 Å². The number of benzene rings is 1. The first-order chi connectivity index (χ1) is 9.36. The van der Waals surface area contributed by atoms with Crippen molar-refractivity contribution in [3.8, 4) is 5.75 Å². The molecule has 0 saturated carbocycles. The van der Waals surface area contributed by atoms with E-state index in [9.17, 15) is 0 Å². The van der Waals surface area contributed by atoms with Gasteiger partial charge in [-0.3, -0.25) is 5.84 Å². The summed E-state index contributed by atoms with van der Waals surface area (Å²) in [5.41, 5.74) is 5.48. The molecule has 2 rings (SSSR count). The summed E-state index contributed by atoms with van der Waals surface area (Å²) in [6.45, 7) is 0. The molecule has 3 heteroatoms. The van der Waals surface area contributed by atoms with E-state index in [4.69, 9.17) is 10.6 Å². The van der Waals surface area contributed by atoms with E-state index in [1.165, 1.54) is 31.3 Å². The van der Waals surface area contributed by atoms with Crippen molar-refractivity contribution in [2.75, 3.05) is 7.11 Å². The predicted octanol–water partition coefficient (Wildman–Crippen LogP) is 3.48. The SMILES string of the molecule is COc1ccccc1C(NN)/C1=C/CCCCCC1. The summed E-state index contributed by atoms with van der Waals surface area (Å²) in [5.74, 6) is 6.70. The fourth-order valence-electron chi connectivity index (χ4n) is 2.78. The van der Waals surface area contributed by atoms with Crippen molar-refractivity contribution >= 4 is 0 Å². The van der Waals surface area contributed by atoms with Crippen molar-refractivity contribution in [3.05, 3.63) is 41.5 Å². The molecule has 1 atom stereocenters. The average Bonchev–Trinajstić information content (AvgIpc) is 2.42. The highest BCUT2D eigenvalue weighted by Crippen LogP contribution is 2.33. The molecule has 0 amide bonds. The molecule has 0 fully saturated rings. The molecule has 0 bridgehead atoms. The van der Waals surface area contributed by atoms with Gasteiger partial charge in [0.1, 0.15) is 5.75 Å². The zero-order valence-electron chi connectivity index (χ0n) is 11.7. The number of nitrogens with two attached hydrogens (primary N) is 1. The van der Waals surface area contributed by atoms with Crippen LogP contribution in [0.2, 0.25) is 0 Å². The van der Waals surface area contributed by atoms with Crippen LogP contribution in [-0.2, 0) is 0 Å². The number of hydrogen-bond donors (Lipinski definition) is 2. The van der Waals surface area contributed by atoms with E-state index in [-0.39, 0.29) is 6.04 Å². The second kappa shape index (κ2) is 7.31. The molecule has 1 aromatic rings. The Morgan fingerprint density at radius 2 is 1.95 bits per heavy atom. The van der Waals surface area contributed by atoms with Crippen LogP contribution < -0.4 is 16.0 Å². The summed E-state index contributed by atoms with van der Waals surface area (Å²) >= 11 is 0. The van der Waals surface area contributed by atoms with E-state index in [1.807, 2.05) is 18.2 Å². The number of para-hydroxylation sites is 1. The Morgan fingerprint density at radius 3 is 2.74 bits per heavy atom. The Labute approximate surface area is 115 Å². The lowest BCUT2D eigenvalue weighted by atomic mass is 9.91. The van der Waals surface area contributed by atoms with Gasteiger partial charge in [-0.05, 0) is 31.7 Å². The van der Waals surface area contributed by atoms with Crippen molar-refractivity contribution in [2.24, 2.45) is 5.84 Å². The van der Waals surface area contributed by atoms with Crippen molar-refractivity contribution in [2.45, 2.75) is 44.6 Å². The smallest absolute Gasteiger partial charge is 0.124 e. The molecule has 3 N–H and O–H groups in total. The lowest BCUT2D eigenvalue weighted by Gasteiger charge is -2.23. The summed E-state index contributed by atoms with van der Waals surface area (Å²) < 4.78 is 5.45. The highest BCUT2D eigenvalue weighted by Gasteiger charge is 2.19. The van der Waals surface area contributed by atoms with Crippen molar-refractivity contribution in [1.29, 1.82) is 0 Å². The van der Waals surface area contributed by atoms with E-state index in [2.05, 4.69) is 17.6 Å². The molecule has 1 unspecified atom stereocenters. The summed E-state index contributed by atoms with van der Waals surface area (Å²) in [5, 5.41) is 0. The summed E-state index contributed by atoms with van der Waals surface area (Å²) in [6, 6.07) is 8.16. The zero-order chi connectivity index (χ0) is 13.5. The predicted molar refractivity (Wildman–Crippen MR) is 78.8 cm³/mol. The number of hydrogen-bond acceptors (Lipinski definition) is 3. The normalized spacial score (nSPS) is 20.8. The molecule has 1 aliphatic carbocycles. The number of allylic oxidation sites excluding steroid dienone is 1. The highest BCUT2D eigenvalue weighted by molar-refractivity contribution is 5.40. The Hall–Kier alpha value is -1.32. The van der Waals surface area contributed by atoms with Gasteiger partial charge in [0, 0.05) is 5.56 Å². The average molecular weight is 260 g/mol. The molecular weight excluding hydrogens is 236 g/mol. The Balaban J connectivity index is 2.27. The molecule has 1 aliphatic rings. The molecule has 0 radical (unpaired) electrons. The van der Waals surface area contributed by atoms with Crippen molar-refractivity contribution in [1.82, 2.24) is 5.43 Å². The number of nitrogens with one attached hydrogen (secondary N) is 1. The molecule has 0 heterocycles. The van der Waals surface area contributed by atoms with Crippen LogP contribution in [0.1, 0.15) is 50.1 Å². The Morgan fingerprint density at radius 1 is 1.16 bits per heavy atom. The second-order valence-corrected chi connectivity index (χ2v) is 5.07. The van der Waals surface area contributed by atoms with Crippen LogP contribution in [-0.4, -0.2) is 7.11 Å². The van der Waals surface area contributed by atoms with Gasteiger partial charge in [0.25, 0.3) is 0 Å². The topological polar surface area (TPSA) is 47.3 Å². The van der Waals surface area contributed by atoms with Crippen LogP contribution >= 0.6 is 0 Å². The Kier molecular flexibility index (Phi) is 5.43. The van der Waals surface area contributed by atoms with Crippen molar-refractivity contribution < 1.29 is 4.74 Å². The molecule has 0 saturated heterocycles. The largest absolute Gasteiger partial charge is 0.496 e. The van der Waals surface area contributed by atoms with Crippen LogP contribution in [0, 0.1) is 0 Å². The van der Waals surface area contributed by atoms with Crippen LogP contribution in [0.4, 0.5) is 0 Å². The molecular formula is C16H24N2O. The van der Waals surface area contributed by atoms with Crippen LogP contribution in [0.15, 0.2) is 35.9 Å². The summed E-state index contributed by atoms with van der Waals surface area (Å²) in [6.07, 6.45) is 9.83. The highest BCUT2D eigenvalue weighted by atomic mass is 16.5. The molecule has 0 spiro atoms. The van der Waals surface area contributed by atoms with Gasteiger partial charge in [0.05, 0.1) is 13.2 Å². The maximum Gasteiger partial charge on any atom is 0.124 e. The van der Waals surface area contributed by atoms with E-state index in [0.717, 1.165) is 24.2 Å². The monoisotopic (exact) mass is 260 g/mol. The van der Waals surface area contributed by atoms with Crippen molar-refractivity contribution in [3.63, 3.8) is 0 Å². The lowest BCUT2D eigenvalue weighted by Crippen LogP contribution is -2.30. The van der Waals surface area contributed by atoms with Crippen LogP contribution in [0.25, 0.3) is 0 Å². The van der Waals surface area contributed by atoms with Gasteiger partial charge < -0.3 is 4.74 Å². The third kappa shape index (κ3) is 3.58. The zero-order valence-corrected chi connectivity index (χ0v) is 11.7. The standard InChI is InChI=1S/C16H24N2O/c1-19-15-12-8-7-11-14(15)16(18-17)13-9-5-3-2-4-6-10-13/h7-9,11-12,16,18H,2-6,10,17H2,1H3/b13-9+. The summed E-state index contributed by atoms with van der Waals surface area (Å²) in [4.78, 5) is 0. The minimum absolute atomic E-state index is 0.0641. The molecule has 0 aliphatic heterocycles. The minimum atomic E-state index is 0.0641. The van der Waals surface area contributed by atoms with Gasteiger partial charge in [-0.15, -0.1) is 0 Å². The van der Waals surface area contributed by atoms with Crippen LogP contribution in [0.5, 0.6) is 5.75 Å². The maximum atomic E-state index is 5.80. The van der Waals surface area contributed by atoms with Crippen LogP contribution in [0.3, 0.4) is 0 Å². The third-order valence-corrected chi connectivity index (χ3v) is 3.81. The Bertz CT molecular complexity index is 429. The summed E-state index contributed by atoms with van der Waals surface area (Å²) in [7, 11) is 1.71. The van der Waals surface area contributed by atoms with Gasteiger partial charge in [0.2, 0.25) is 0 Å². The minimum Gasteiger partial charge on any atom is -0.496 e. The molecule has 104 valence electrons. The first-order valence-corrected chi connectivity index (χ1v) is 7.14. The first-order valence-electron chi connectivity index (χ1n) is 7.14. The quantitative estimate of drug-likeness (QED) is 0.495. The van der Waals surface area contributed by atoms with E-state index < -0.39 is 0 Å². The van der Waals surface area contributed by atoms with E-state index in [0.29, 0.717) is 0 Å². The first kappa shape index (κ1) is 14.1. The number of methoxy groups -OCH3 is 1. The fourth-order valence-corrected chi connectivity index (χ4v) is 2.78. The number of rotatable bonds is 4.